The van der Waals surface area contributed by atoms with E-state index in [1.54, 1.807) is 22.7 Å². The number of thiophene rings is 1. The largest absolute Gasteiger partial charge is 0.357 e. The minimum Gasteiger partial charge on any atom is -0.357 e. The molecular formula is C13H12N2S2. The Morgan fingerprint density at radius 2 is 2.24 bits per heavy atom. The second-order valence-corrected chi connectivity index (χ2v) is 5.79. The first-order chi connectivity index (χ1) is 8.31. The van der Waals surface area contributed by atoms with Crippen molar-refractivity contribution < 1.29 is 0 Å². The maximum absolute atomic E-state index is 4.56. The first-order valence-corrected chi connectivity index (χ1v) is 7.19. The molecule has 1 N–H and O–H groups in total. The molecule has 0 radical (unpaired) electrons. The zero-order valence-corrected chi connectivity index (χ0v) is 11.1. The second-order valence-electron chi connectivity index (χ2n) is 3.98. The van der Waals surface area contributed by atoms with E-state index in [9.17, 15) is 0 Å². The average Bonchev–Trinajstić information content (AvgIpc) is 2.94. The molecule has 1 aromatic carbocycles. The third-order valence-electron chi connectivity index (χ3n) is 2.57. The predicted molar refractivity (Wildman–Crippen MR) is 76.0 cm³/mol. The van der Waals surface area contributed by atoms with Crippen LogP contribution < -0.4 is 5.32 Å². The molecule has 0 amide bonds. The first-order valence-electron chi connectivity index (χ1n) is 5.43. The minimum absolute atomic E-state index is 0.850. The fourth-order valence-corrected chi connectivity index (χ4v) is 3.31. The summed E-state index contributed by atoms with van der Waals surface area (Å²) in [5.41, 5.74) is 3.67. The Bertz CT molecular complexity index is 626. The molecule has 0 saturated heterocycles. The van der Waals surface area contributed by atoms with Gasteiger partial charge in [0.2, 0.25) is 0 Å². The van der Waals surface area contributed by atoms with Crippen LogP contribution in [0.2, 0.25) is 0 Å². The summed E-state index contributed by atoms with van der Waals surface area (Å²) < 4.78 is 1.25. The molecule has 86 valence electrons. The molecule has 0 unspecified atom stereocenters. The quantitative estimate of drug-likeness (QED) is 0.760. The molecule has 4 heteroatoms. The molecule has 0 bridgehead atoms. The van der Waals surface area contributed by atoms with Gasteiger partial charge in [0.25, 0.3) is 0 Å². The van der Waals surface area contributed by atoms with Gasteiger partial charge in [-0.05, 0) is 47.0 Å². The number of nitrogens with one attached hydrogen (secondary N) is 1. The van der Waals surface area contributed by atoms with Crippen LogP contribution in [-0.4, -0.2) is 4.98 Å². The van der Waals surface area contributed by atoms with Crippen molar-refractivity contribution in [2.45, 2.75) is 13.5 Å². The molecule has 0 aliphatic rings. The van der Waals surface area contributed by atoms with Gasteiger partial charge >= 0.3 is 0 Å². The molecular weight excluding hydrogens is 248 g/mol. The molecule has 2 aromatic heterocycles. The van der Waals surface area contributed by atoms with Gasteiger partial charge in [-0.15, -0.1) is 0 Å². The van der Waals surface area contributed by atoms with Crippen molar-refractivity contribution in [3.8, 4) is 0 Å². The minimum atomic E-state index is 0.850. The Morgan fingerprint density at radius 1 is 1.29 bits per heavy atom. The van der Waals surface area contributed by atoms with Gasteiger partial charge in [-0.3, -0.25) is 0 Å². The summed E-state index contributed by atoms with van der Waals surface area (Å²) in [5.74, 6) is 0. The number of hydrogen-bond donors (Lipinski definition) is 1. The van der Waals surface area contributed by atoms with Crippen molar-refractivity contribution in [3.63, 3.8) is 0 Å². The standard InChI is InChI=1S/C13H12N2S2/c1-9-2-3-11-12(6-9)17-13(15-11)14-7-10-4-5-16-8-10/h2-6,8H,7H2,1H3,(H,14,15). The van der Waals surface area contributed by atoms with Crippen molar-refractivity contribution >= 4 is 38.0 Å². The van der Waals surface area contributed by atoms with E-state index >= 15 is 0 Å². The summed E-state index contributed by atoms with van der Waals surface area (Å²) in [6, 6.07) is 8.50. The normalized spacial score (nSPS) is 10.9. The van der Waals surface area contributed by atoms with Gasteiger partial charge in [0.05, 0.1) is 10.2 Å². The SMILES string of the molecule is Cc1ccc2nc(NCc3ccsc3)sc2c1. The van der Waals surface area contributed by atoms with Gasteiger partial charge in [-0.2, -0.15) is 11.3 Å². The lowest BCUT2D eigenvalue weighted by atomic mass is 10.2. The fraction of sp³-hybridized carbons (Fsp3) is 0.154. The Morgan fingerprint density at radius 3 is 3.06 bits per heavy atom. The Hall–Kier alpha value is -1.39. The van der Waals surface area contributed by atoms with Crippen LogP contribution in [0.25, 0.3) is 10.2 Å². The number of nitrogens with zero attached hydrogens (tertiary/aromatic N) is 1. The number of benzene rings is 1. The highest BCUT2D eigenvalue weighted by atomic mass is 32.1. The number of anilines is 1. The van der Waals surface area contributed by atoms with Crippen molar-refractivity contribution in [2.75, 3.05) is 5.32 Å². The van der Waals surface area contributed by atoms with Gasteiger partial charge in [-0.25, -0.2) is 4.98 Å². The molecule has 0 spiro atoms. The highest BCUT2D eigenvalue weighted by Crippen LogP contribution is 2.27. The van der Waals surface area contributed by atoms with Gasteiger partial charge in [0, 0.05) is 6.54 Å². The molecule has 2 nitrogen and oxygen atoms in total. The topological polar surface area (TPSA) is 24.9 Å². The van der Waals surface area contributed by atoms with E-state index < -0.39 is 0 Å². The number of hydrogen-bond acceptors (Lipinski definition) is 4. The lowest BCUT2D eigenvalue weighted by Crippen LogP contribution is -1.96. The molecule has 0 aliphatic heterocycles. The zero-order chi connectivity index (χ0) is 11.7. The second kappa shape index (κ2) is 4.47. The van der Waals surface area contributed by atoms with Gasteiger partial charge < -0.3 is 5.32 Å². The lowest BCUT2D eigenvalue weighted by Gasteiger charge is -1.98. The lowest BCUT2D eigenvalue weighted by molar-refractivity contribution is 1.15. The van der Waals surface area contributed by atoms with Crippen LogP contribution in [0.3, 0.4) is 0 Å². The van der Waals surface area contributed by atoms with Crippen LogP contribution in [0.4, 0.5) is 5.13 Å². The van der Waals surface area contributed by atoms with E-state index in [0.717, 1.165) is 17.2 Å². The van der Waals surface area contributed by atoms with Crippen LogP contribution in [-0.2, 0) is 6.54 Å². The van der Waals surface area contributed by atoms with Crippen molar-refractivity contribution in [1.29, 1.82) is 0 Å². The summed E-state index contributed by atoms with van der Waals surface area (Å²) in [6.07, 6.45) is 0. The maximum atomic E-state index is 4.56. The number of rotatable bonds is 3. The number of aryl methyl sites for hydroxylation is 1. The summed E-state index contributed by atoms with van der Waals surface area (Å²) in [6.45, 7) is 2.96. The monoisotopic (exact) mass is 260 g/mol. The predicted octanol–water partition coefficient (Wildman–Crippen LogP) is 4.28. The number of thiazole rings is 1. The summed E-state index contributed by atoms with van der Waals surface area (Å²) >= 11 is 3.44. The van der Waals surface area contributed by atoms with E-state index in [1.807, 2.05) is 0 Å². The van der Waals surface area contributed by atoms with Crippen LogP contribution >= 0.6 is 22.7 Å². The third-order valence-corrected chi connectivity index (χ3v) is 4.28. The van der Waals surface area contributed by atoms with Crippen LogP contribution in [0.1, 0.15) is 11.1 Å². The molecule has 0 aliphatic carbocycles. The summed E-state index contributed by atoms with van der Waals surface area (Å²) in [4.78, 5) is 4.56. The molecule has 17 heavy (non-hydrogen) atoms. The average molecular weight is 260 g/mol. The maximum Gasteiger partial charge on any atom is 0.184 e. The highest BCUT2D eigenvalue weighted by Gasteiger charge is 2.03. The highest BCUT2D eigenvalue weighted by molar-refractivity contribution is 7.22. The van der Waals surface area contributed by atoms with Crippen LogP contribution in [0.5, 0.6) is 0 Å². The number of fused-ring (bicyclic) bond motifs is 1. The van der Waals surface area contributed by atoms with Gasteiger partial charge in [0.1, 0.15) is 0 Å². The third kappa shape index (κ3) is 2.33. The van der Waals surface area contributed by atoms with E-state index in [1.165, 1.54) is 15.8 Å². The summed E-state index contributed by atoms with van der Waals surface area (Å²) in [5, 5.41) is 8.62. The van der Waals surface area contributed by atoms with Crippen LogP contribution in [0, 0.1) is 6.92 Å². The number of aromatic nitrogens is 1. The molecule has 3 rings (SSSR count). The molecule has 0 fully saturated rings. The molecule has 0 atom stereocenters. The van der Waals surface area contributed by atoms with Gasteiger partial charge in [0.15, 0.2) is 5.13 Å². The first kappa shape index (κ1) is 10.7. The Balaban J connectivity index is 1.81. The van der Waals surface area contributed by atoms with E-state index in [2.05, 4.69) is 52.3 Å². The Labute approximate surface area is 108 Å². The van der Waals surface area contributed by atoms with Gasteiger partial charge in [-0.1, -0.05) is 17.4 Å². The van der Waals surface area contributed by atoms with Crippen molar-refractivity contribution in [1.82, 2.24) is 4.98 Å². The smallest absolute Gasteiger partial charge is 0.184 e. The fourth-order valence-electron chi connectivity index (χ4n) is 1.68. The molecule has 2 heterocycles. The van der Waals surface area contributed by atoms with E-state index in [0.29, 0.717) is 0 Å². The van der Waals surface area contributed by atoms with Crippen LogP contribution in [0.15, 0.2) is 35.0 Å². The van der Waals surface area contributed by atoms with E-state index in [4.69, 9.17) is 0 Å². The van der Waals surface area contributed by atoms with Crippen molar-refractivity contribution in [2.24, 2.45) is 0 Å². The van der Waals surface area contributed by atoms with Crippen molar-refractivity contribution in [3.05, 3.63) is 46.2 Å². The zero-order valence-electron chi connectivity index (χ0n) is 9.43. The summed E-state index contributed by atoms with van der Waals surface area (Å²) in [7, 11) is 0. The van der Waals surface area contributed by atoms with E-state index in [-0.39, 0.29) is 0 Å². The Kier molecular flexibility index (Phi) is 2.82. The molecule has 0 saturated carbocycles. The molecule has 3 aromatic rings.